The van der Waals surface area contributed by atoms with Gasteiger partial charge in [-0.1, -0.05) is 12.1 Å². The molecular formula is C26H25N7O. The predicted molar refractivity (Wildman–Crippen MR) is 134 cm³/mol. The molecule has 4 heterocycles. The Hall–Kier alpha value is -4.20. The summed E-state index contributed by atoms with van der Waals surface area (Å²) in [7, 11) is 0. The molecule has 34 heavy (non-hydrogen) atoms. The Bertz CT molecular complexity index is 1440. The van der Waals surface area contributed by atoms with Crippen molar-refractivity contribution in [3.8, 4) is 11.4 Å². The van der Waals surface area contributed by atoms with Crippen LogP contribution in [0.1, 0.15) is 18.4 Å². The fourth-order valence-corrected chi connectivity index (χ4v) is 4.74. The van der Waals surface area contributed by atoms with Crippen LogP contribution < -0.4 is 10.2 Å². The number of carbonyl (C=O) groups excluding carboxylic acids is 1. The third kappa shape index (κ3) is 3.67. The molecule has 0 atom stereocenters. The zero-order chi connectivity index (χ0) is 23.1. The zero-order valence-corrected chi connectivity index (χ0v) is 18.9. The minimum atomic E-state index is -0.0176. The van der Waals surface area contributed by atoms with Gasteiger partial charge in [-0.15, -0.1) is 0 Å². The third-order valence-corrected chi connectivity index (χ3v) is 6.63. The Kier molecular flexibility index (Phi) is 4.98. The molecule has 1 aliphatic heterocycles. The van der Waals surface area contributed by atoms with E-state index in [1.54, 1.807) is 6.33 Å². The van der Waals surface area contributed by atoms with E-state index < -0.39 is 0 Å². The molecule has 6 rings (SSSR count). The van der Waals surface area contributed by atoms with Crippen molar-refractivity contribution in [2.75, 3.05) is 23.3 Å². The molecule has 8 heteroatoms. The molecule has 0 unspecified atom stereocenters. The Morgan fingerprint density at radius 2 is 1.85 bits per heavy atom. The van der Waals surface area contributed by atoms with Gasteiger partial charge in [0.05, 0.1) is 16.4 Å². The van der Waals surface area contributed by atoms with Gasteiger partial charge in [0.1, 0.15) is 23.6 Å². The molecule has 1 amide bonds. The van der Waals surface area contributed by atoms with Crippen LogP contribution in [0.4, 0.5) is 11.5 Å². The van der Waals surface area contributed by atoms with Crippen molar-refractivity contribution in [2.45, 2.75) is 19.8 Å². The van der Waals surface area contributed by atoms with Crippen molar-refractivity contribution in [1.29, 1.82) is 0 Å². The number of benzene rings is 2. The molecule has 3 N–H and O–H groups in total. The Labute approximate surface area is 196 Å². The van der Waals surface area contributed by atoms with Crippen LogP contribution in [0.15, 0.2) is 61.1 Å². The second-order valence-electron chi connectivity index (χ2n) is 8.82. The van der Waals surface area contributed by atoms with Crippen LogP contribution in [0.2, 0.25) is 0 Å². The number of para-hydroxylation sites is 2. The van der Waals surface area contributed by atoms with Crippen molar-refractivity contribution >= 4 is 39.5 Å². The number of amides is 1. The number of H-pyrrole nitrogens is 2. The summed E-state index contributed by atoms with van der Waals surface area (Å²) in [6.45, 7) is 3.64. The van der Waals surface area contributed by atoms with Gasteiger partial charge in [0.2, 0.25) is 5.91 Å². The van der Waals surface area contributed by atoms with E-state index in [4.69, 9.17) is 0 Å². The lowest BCUT2D eigenvalue weighted by atomic mass is 9.95. The molecule has 3 aromatic heterocycles. The molecule has 0 saturated carbocycles. The topological polar surface area (TPSA) is 103 Å². The number of nitrogens with one attached hydrogen (secondary N) is 3. The highest BCUT2D eigenvalue weighted by Crippen LogP contribution is 2.30. The number of fused-ring (bicyclic) bond motifs is 2. The Morgan fingerprint density at radius 3 is 2.65 bits per heavy atom. The molecule has 0 radical (unpaired) electrons. The van der Waals surface area contributed by atoms with Crippen molar-refractivity contribution < 1.29 is 4.79 Å². The zero-order valence-electron chi connectivity index (χ0n) is 18.9. The summed E-state index contributed by atoms with van der Waals surface area (Å²) in [5.74, 6) is 1.82. The first kappa shape index (κ1) is 20.4. The maximum atomic E-state index is 12.9. The molecule has 1 fully saturated rings. The van der Waals surface area contributed by atoms with Gasteiger partial charge in [-0.3, -0.25) is 4.79 Å². The molecule has 0 spiro atoms. The van der Waals surface area contributed by atoms with Gasteiger partial charge >= 0.3 is 0 Å². The van der Waals surface area contributed by atoms with Gasteiger partial charge in [0, 0.05) is 36.5 Å². The molecule has 1 saturated heterocycles. The molecule has 5 aromatic rings. The van der Waals surface area contributed by atoms with E-state index in [9.17, 15) is 4.79 Å². The van der Waals surface area contributed by atoms with Crippen molar-refractivity contribution in [3.05, 3.63) is 66.6 Å². The van der Waals surface area contributed by atoms with E-state index in [1.165, 1.54) is 0 Å². The second kappa shape index (κ2) is 8.30. The lowest BCUT2D eigenvalue weighted by molar-refractivity contribution is -0.120. The average Bonchev–Trinajstić information content (AvgIpc) is 3.48. The first-order valence-corrected chi connectivity index (χ1v) is 11.6. The fraction of sp³-hybridized carbons (Fsp3) is 0.231. The number of aromatic amines is 2. The lowest BCUT2D eigenvalue weighted by Gasteiger charge is -2.32. The smallest absolute Gasteiger partial charge is 0.227 e. The van der Waals surface area contributed by atoms with Crippen molar-refractivity contribution in [2.24, 2.45) is 5.92 Å². The van der Waals surface area contributed by atoms with Crippen LogP contribution in [0.3, 0.4) is 0 Å². The fourth-order valence-electron chi connectivity index (χ4n) is 4.74. The Balaban J connectivity index is 1.10. The molecule has 1 aliphatic rings. The first-order chi connectivity index (χ1) is 16.7. The van der Waals surface area contributed by atoms with Crippen LogP contribution in [0.25, 0.3) is 33.5 Å². The summed E-state index contributed by atoms with van der Waals surface area (Å²) >= 11 is 0. The Morgan fingerprint density at radius 1 is 1.06 bits per heavy atom. The SMILES string of the molecule is Cc1c[nH]c2ncnc(N3CCC(C(=O)Nc4ccc(-c5nc6ccccc6[nH]5)cc4)CC3)c12. The highest BCUT2D eigenvalue weighted by molar-refractivity contribution is 5.93. The van der Waals surface area contributed by atoms with Gasteiger partial charge in [0.15, 0.2) is 0 Å². The quantitative estimate of drug-likeness (QED) is 0.369. The highest BCUT2D eigenvalue weighted by Gasteiger charge is 2.27. The maximum Gasteiger partial charge on any atom is 0.227 e. The number of hydrogen-bond acceptors (Lipinski definition) is 5. The summed E-state index contributed by atoms with van der Waals surface area (Å²) in [6, 6.07) is 15.8. The molecule has 0 aliphatic carbocycles. The highest BCUT2D eigenvalue weighted by atomic mass is 16.1. The third-order valence-electron chi connectivity index (χ3n) is 6.63. The summed E-state index contributed by atoms with van der Waals surface area (Å²) < 4.78 is 0. The predicted octanol–water partition coefficient (Wildman–Crippen LogP) is 4.66. The van der Waals surface area contributed by atoms with Crippen LogP contribution in [0, 0.1) is 12.8 Å². The second-order valence-corrected chi connectivity index (χ2v) is 8.82. The van der Waals surface area contributed by atoms with Gasteiger partial charge in [-0.05, 0) is 61.7 Å². The maximum absolute atomic E-state index is 12.9. The number of piperidine rings is 1. The van der Waals surface area contributed by atoms with Crippen LogP contribution in [0.5, 0.6) is 0 Å². The van der Waals surface area contributed by atoms with E-state index in [0.29, 0.717) is 0 Å². The number of aromatic nitrogens is 5. The lowest BCUT2D eigenvalue weighted by Crippen LogP contribution is -2.38. The number of anilines is 2. The first-order valence-electron chi connectivity index (χ1n) is 11.6. The standard InChI is InChI=1S/C26H25N7O/c1-16-14-27-24-22(16)25(29-15-28-24)33-12-10-18(11-13-33)26(34)30-19-8-6-17(7-9-19)23-31-20-4-2-3-5-21(20)32-23/h2-9,14-15,18H,10-13H2,1H3,(H,30,34)(H,31,32)(H,27,28,29). The van der Waals surface area contributed by atoms with Gasteiger partial charge in [-0.2, -0.15) is 0 Å². The van der Waals surface area contributed by atoms with Crippen LogP contribution >= 0.6 is 0 Å². The average molecular weight is 452 g/mol. The molecule has 8 nitrogen and oxygen atoms in total. The number of hydrogen-bond donors (Lipinski definition) is 3. The van der Waals surface area contributed by atoms with Gasteiger partial charge in [0.25, 0.3) is 0 Å². The van der Waals surface area contributed by atoms with Crippen molar-refractivity contribution in [3.63, 3.8) is 0 Å². The summed E-state index contributed by atoms with van der Waals surface area (Å²) in [4.78, 5) is 35.2. The van der Waals surface area contributed by atoms with E-state index in [2.05, 4.69) is 42.1 Å². The van der Waals surface area contributed by atoms with Gasteiger partial charge in [-0.25, -0.2) is 15.0 Å². The van der Waals surface area contributed by atoms with E-state index >= 15 is 0 Å². The molecule has 2 aromatic carbocycles. The number of rotatable bonds is 4. The van der Waals surface area contributed by atoms with E-state index in [0.717, 1.165) is 76.5 Å². The minimum absolute atomic E-state index is 0.0176. The van der Waals surface area contributed by atoms with Crippen LogP contribution in [-0.2, 0) is 4.79 Å². The van der Waals surface area contributed by atoms with E-state index in [1.807, 2.05) is 54.7 Å². The summed E-state index contributed by atoms with van der Waals surface area (Å²) in [6.07, 6.45) is 5.14. The number of aryl methyl sites for hydroxylation is 1. The van der Waals surface area contributed by atoms with Crippen molar-refractivity contribution in [1.82, 2.24) is 24.9 Å². The van der Waals surface area contributed by atoms with E-state index in [-0.39, 0.29) is 11.8 Å². The number of nitrogens with zero attached hydrogens (tertiary/aromatic N) is 4. The molecular weight excluding hydrogens is 426 g/mol. The number of carbonyl (C=O) groups is 1. The molecule has 170 valence electrons. The normalized spacial score (nSPS) is 14.7. The summed E-state index contributed by atoms with van der Waals surface area (Å²) in [5.41, 5.74) is 5.72. The largest absolute Gasteiger partial charge is 0.356 e. The number of imidazole rings is 1. The summed E-state index contributed by atoms with van der Waals surface area (Å²) in [5, 5.41) is 4.15. The molecule has 0 bridgehead atoms. The minimum Gasteiger partial charge on any atom is -0.356 e. The monoisotopic (exact) mass is 451 g/mol. The van der Waals surface area contributed by atoms with Crippen LogP contribution in [-0.4, -0.2) is 43.9 Å². The van der Waals surface area contributed by atoms with Gasteiger partial charge < -0.3 is 20.2 Å².